The third-order valence-electron chi connectivity index (χ3n) is 2.51. The lowest BCUT2D eigenvalue weighted by Gasteiger charge is -2.19. The molecule has 1 aromatic rings. The van der Waals surface area contributed by atoms with Crippen molar-refractivity contribution >= 4 is 11.3 Å². The fourth-order valence-corrected chi connectivity index (χ4v) is 2.40. The summed E-state index contributed by atoms with van der Waals surface area (Å²) in [4.78, 5) is 4.47. The third-order valence-corrected chi connectivity index (χ3v) is 3.54. The Balaban J connectivity index is 2.39. The van der Waals surface area contributed by atoms with Crippen molar-refractivity contribution in [1.29, 1.82) is 0 Å². The highest BCUT2D eigenvalue weighted by Gasteiger charge is 2.11. The minimum Gasteiger partial charge on any atom is -0.317 e. The van der Waals surface area contributed by atoms with Gasteiger partial charge in [0.15, 0.2) is 0 Å². The van der Waals surface area contributed by atoms with Crippen LogP contribution in [0, 0.1) is 12.8 Å². The molecule has 3 heteroatoms. The normalized spacial score (nSPS) is 13.5. The molecule has 0 amide bonds. The minimum atomic E-state index is 0.610. The molecule has 2 nitrogen and oxygen atoms in total. The predicted molar refractivity (Wildman–Crippen MR) is 62.9 cm³/mol. The Kier molecular flexibility index (Phi) is 4.55. The maximum Gasteiger partial charge on any atom is 0.0928 e. The van der Waals surface area contributed by atoms with Crippen LogP contribution in [0.4, 0.5) is 0 Å². The predicted octanol–water partition coefficient (Wildman–Crippen LogP) is 2.63. The van der Waals surface area contributed by atoms with E-state index < -0.39 is 0 Å². The molecule has 1 rings (SSSR count). The van der Waals surface area contributed by atoms with Crippen LogP contribution in [0.15, 0.2) is 5.38 Å². The number of nitrogens with one attached hydrogen (secondary N) is 1. The zero-order valence-electron chi connectivity index (χ0n) is 9.50. The first-order valence-corrected chi connectivity index (χ1v) is 6.09. The van der Waals surface area contributed by atoms with E-state index in [0.29, 0.717) is 12.0 Å². The van der Waals surface area contributed by atoms with Gasteiger partial charge in [0.1, 0.15) is 0 Å². The molecule has 0 spiro atoms. The van der Waals surface area contributed by atoms with Gasteiger partial charge in [-0.2, -0.15) is 0 Å². The van der Waals surface area contributed by atoms with Crippen molar-refractivity contribution in [3.05, 3.63) is 16.1 Å². The highest BCUT2D eigenvalue weighted by atomic mass is 32.1. The van der Waals surface area contributed by atoms with Crippen molar-refractivity contribution in [3.63, 3.8) is 0 Å². The van der Waals surface area contributed by atoms with Gasteiger partial charge in [-0.05, 0) is 26.3 Å². The van der Waals surface area contributed by atoms with Gasteiger partial charge < -0.3 is 5.32 Å². The Bertz CT molecular complexity index is 268. The number of aromatic nitrogens is 1. The molecule has 1 atom stereocenters. The molecule has 80 valence electrons. The van der Waals surface area contributed by atoms with Crippen molar-refractivity contribution in [2.75, 3.05) is 7.05 Å². The molecular weight excluding hydrogens is 192 g/mol. The van der Waals surface area contributed by atoms with Crippen molar-refractivity contribution in [2.24, 2.45) is 5.92 Å². The van der Waals surface area contributed by atoms with Crippen LogP contribution in [-0.2, 0) is 6.42 Å². The lowest BCUT2D eigenvalue weighted by atomic mass is 10.00. The summed E-state index contributed by atoms with van der Waals surface area (Å²) >= 11 is 1.77. The molecule has 0 bridgehead atoms. The molecule has 0 fully saturated rings. The fraction of sp³-hybridized carbons (Fsp3) is 0.727. The number of rotatable bonds is 5. The minimum absolute atomic E-state index is 0.610. The zero-order valence-corrected chi connectivity index (χ0v) is 10.3. The van der Waals surface area contributed by atoms with E-state index in [2.05, 4.69) is 36.5 Å². The van der Waals surface area contributed by atoms with E-state index in [-0.39, 0.29) is 0 Å². The van der Waals surface area contributed by atoms with Gasteiger partial charge in [-0.1, -0.05) is 13.8 Å². The molecule has 0 aliphatic carbocycles. The number of aryl methyl sites for hydroxylation is 2. The fourth-order valence-electron chi connectivity index (χ4n) is 1.61. The summed E-state index contributed by atoms with van der Waals surface area (Å²) in [5.74, 6) is 0.695. The van der Waals surface area contributed by atoms with E-state index in [9.17, 15) is 0 Å². The van der Waals surface area contributed by atoms with E-state index in [1.807, 2.05) is 7.05 Å². The van der Waals surface area contributed by atoms with Gasteiger partial charge in [0.2, 0.25) is 0 Å². The van der Waals surface area contributed by atoms with Gasteiger partial charge in [-0.3, -0.25) is 0 Å². The molecule has 0 saturated carbocycles. The van der Waals surface area contributed by atoms with Crippen LogP contribution in [-0.4, -0.2) is 18.1 Å². The Morgan fingerprint density at radius 1 is 1.50 bits per heavy atom. The monoisotopic (exact) mass is 212 g/mol. The molecule has 0 radical (unpaired) electrons. The lowest BCUT2D eigenvalue weighted by molar-refractivity contribution is 0.402. The SMILES string of the molecule is CNC(CCc1nc(C)cs1)C(C)C. The molecule has 0 aliphatic rings. The molecular formula is C11H20N2S. The van der Waals surface area contributed by atoms with E-state index >= 15 is 0 Å². The second kappa shape index (κ2) is 5.47. The van der Waals surface area contributed by atoms with Crippen LogP contribution in [0.1, 0.15) is 31.0 Å². The smallest absolute Gasteiger partial charge is 0.0928 e. The first-order chi connectivity index (χ1) is 6.63. The standard InChI is InChI=1S/C11H20N2S/c1-8(2)10(12-4)5-6-11-13-9(3)7-14-11/h7-8,10,12H,5-6H2,1-4H3. The average Bonchev–Trinajstić information content (AvgIpc) is 2.52. The van der Waals surface area contributed by atoms with E-state index in [4.69, 9.17) is 0 Å². The van der Waals surface area contributed by atoms with Crippen molar-refractivity contribution in [3.8, 4) is 0 Å². The molecule has 1 heterocycles. The molecule has 0 saturated heterocycles. The summed E-state index contributed by atoms with van der Waals surface area (Å²) < 4.78 is 0. The van der Waals surface area contributed by atoms with Crippen LogP contribution in [0.25, 0.3) is 0 Å². The van der Waals surface area contributed by atoms with Crippen molar-refractivity contribution in [1.82, 2.24) is 10.3 Å². The van der Waals surface area contributed by atoms with Crippen LogP contribution in [0.5, 0.6) is 0 Å². The van der Waals surface area contributed by atoms with Crippen molar-refractivity contribution < 1.29 is 0 Å². The number of hydrogen-bond donors (Lipinski definition) is 1. The second-order valence-corrected chi connectivity index (χ2v) is 5.00. The summed E-state index contributed by atoms with van der Waals surface area (Å²) in [6.07, 6.45) is 2.28. The van der Waals surface area contributed by atoms with Gasteiger partial charge in [0, 0.05) is 23.5 Å². The molecule has 14 heavy (non-hydrogen) atoms. The Morgan fingerprint density at radius 3 is 2.64 bits per heavy atom. The van der Waals surface area contributed by atoms with Crippen LogP contribution >= 0.6 is 11.3 Å². The average molecular weight is 212 g/mol. The Morgan fingerprint density at radius 2 is 2.21 bits per heavy atom. The Hall–Kier alpha value is -0.410. The highest BCUT2D eigenvalue weighted by molar-refractivity contribution is 7.09. The number of hydrogen-bond acceptors (Lipinski definition) is 3. The third kappa shape index (κ3) is 3.39. The van der Waals surface area contributed by atoms with E-state index in [1.54, 1.807) is 11.3 Å². The van der Waals surface area contributed by atoms with Crippen LogP contribution in [0.2, 0.25) is 0 Å². The zero-order chi connectivity index (χ0) is 10.6. The topological polar surface area (TPSA) is 24.9 Å². The van der Waals surface area contributed by atoms with E-state index in [0.717, 1.165) is 12.1 Å². The van der Waals surface area contributed by atoms with Crippen LogP contribution in [0.3, 0.4) is 0 Å². The largest absolute Gasteiger partial charge is 0.317 e. The molecule has 0 aliphatic heterocycles. The molecule has 0 aromatic carbocycles. The molecule has 1 N–H and O–H groups in total. The highest BCUT2D eigenvalue weighted by Crippen LogP contribution is 2.14. The summed E-state index contributed by atoms with van der Waals surface area (Å²) in [6.45, 7) is 6.57. The van der Waals surface area contributed by atoms with E-state index in [1.165, 1.54) is 11.4 Å². The maximum atomic E-state index is 4.47. The quantitative estimate of drug-likeness (QED) is 0.811. The van der Waals surface area contributed by atoms with Gasteiger partial charge in [0.25, 0.3) is 0 Å². The summed E-state index contributed by atoms with van der Waals surface area (Å²) in [5.41, 5.74) is 1.15. The first-order valence-electron chi connectivity index (χ1n) is 5.21. The van der Waals surface area contributed by atoms with Gasteiger partial charge in [0.05, 0.1) is 5.01 Å². The first kappa shape index (κ1) is 11.7. The molecule has 1 aromatic heterocycles. The summed E-state index contributed by atoms with van der Waals surface area (Å²) in [6, 6.07) is 0.610. The maximum absolute atomic E-state index is 4.47. The van der Waals surface area contributed by atoms with Gasteiger partial charge >= 0.3 is 0 Å². The lowest BCUT2D eigenvalue weighted by Crippen LogP contribution is -2.30. The Labute approximate surface area is 90.8 Å². The van der Waals surface area contributed by atoms with Crippen molar-refractivity contribution in [2.45, 2.75) is 39.7 Å². The second-order valence-electron chi connectivity index (χ2n) is 4.06. The van der Waals surface area contributed by atoms with Gasteiger partial charge in [-0.25, -0.2) is 4.98 Å². The summed E-state index contributed by atoms with van der Waals surface area (Å²) in [7, 11) is 2.04. The molecule has 1 unspecified atom stereocenters. The number of nitrogens with zero attached hydrogens (tertiary/aromatic N) is 1. The number of thiazole rings is 1. The van der Waals surface area contributed by atoms with Crippen LogP contribution < -0.4 is 5.32 Å². The van der Waals surface area contributed by atoms with Gasteiger partial charge in [-0.15, -0.1) is 11.3 Å². The summed E-state index contributed by atoms with van der Waals surface area (Å²) in [5, 5.41) is 6.75.